The first-order valence-electron chi connectivity index (χ1n) is 7.36. The number of carbonyl (C=O) groups is 1. The van der Waals surface area contributed by atoms with Gasteiger partial charge in [-0.15, -0.1) is 0 Å². The maximum atomic E-state index is 12.3. The monoisotopic (exact) mass is 494 g/mol. The molecule has 1 amide bonds. The Hall–Kier alpha value is -2.07. The van der Waals surface area contributed by atoms with Gasteiger partial charge >= 0.3 is 0 Å². The third kappa shape index (κ3) is 5.46. The molecule has 0 heterocycles. The Kier molecular flexibility index (Phi) is 7.46. The Balaban J connectivity index is 2.26. The van der Waals surface area contributed by atoms with E-state index in [2.05, 4.69) is 43.8 Å². The second-order valence-electron chi connectivity index (χ2n) is 5.05. The number of rotatable bonds is 6. The molecule has 0 radical (unpaired) electrons. The van der Waals surface area contributed by atoms with Crippen LogP contribution in [0.1, 0.15) is 5.56 Å². The summed E-state index contributed by atoms with van der Waals surface area (Å²) in [5.41, 5.74) is 1.13. The molecule has 1 N–H and O–H groups in total. The van der Waals surface area contributed by atoms with E-state index in [1.165, 1.54) is 6.08 Å². The Morgan fingerprint density at radius 3 is 2.58 bits per heavy atom. The van der Waals surface area contributed by atoms with E-state index in [0.717, 1.165) is 0 Å². The highest BCUT2D eigenvalue weighted by Crippen LogP contribution is 2.35. The van der Waals surface area contributed by atoms with Crippen molar-refractivity contribution in [3.05, 3.63) is 74.2 Å². The van der Waals surface area contributed by atoms with Gasteiger partial charge in [0.05, 0.1) is 8.95 Å². The van der Waals surface area contributed by atoms with Crippen molar-refractivity contribution in [1.82, 2.24) is 0 Å². The number of carbonyl (C=O) groups excluding carboxylic acids is 1. The largest absolute Gasteiger partial charge is 0.487 e. The van der Waals surface area contributed by atoms with Crippen LogP contribution in [-0.4, -0.2) is 12.5 Å². The van der Waals surface area contributed by atoms with E-state index in [1.54, 1.807) is 42.5 Å². The van der Waals surface area contributed by atoms with E-state index in [4.69, 9.17) is 16.3 Å². The van der Waals surface area contributed by atoms with Gasteiger partial charge in [0.2, 0.25) is 0 Å². The minimum Gasteiger partial charge on any atom is -0.487 e. The van der Waals surface area contributed by atoms with Crippen LogP contribution >= 0.6 is 43.5 Å². The van der Waals surface area contributed by atoms with Crippen molar-refractivity contribution in [1.29, 1.82) is 5.26 Å². The summed E-state index contributed by atoms with van der Waals surface area (Å²) in [6.45, 7) is 3.97. The summed E-state index contributed by atoms with van der Waals surface area (Å²) in [5.74, 6) is 0.0953. The van der Waals surface area contributed by atoms with Crippen LogP contribution in [-0.2, 0) is 4.79 Å². The number of halogens is 3. The van der Waals surface area contributed by atoms with Crippen molar-refractivity contribution >= 4 is 61.1 Å². The first-order valence-corrected chi connectivity index (χ1v) is 9.32. The molecule has 2 aromatic rings. The van der Waals surface area contributed by atoms with Gasteiger partial charge in [-0.05, 0) is 73.8 Å². The molecule has 0 saturated heterocycles. The SMILES string of the molecule is C=CCOc1c(Br)cc(/C=C(\C#N)C(=O)Nc2cccc(Cl)c2)cc1Br. The molecule has 0 atom stereocenters. The predicted molar refractivity (Wildman–Crippen MR) is 111 cm³/mol. The zero-order valence-electron chi connectivity index (χ0n) is 13.4. The summed E-state index contributed by atoms with van der Waals surface area (Å²) >= 11 is 12.7. The van der Waals surface area contributed by atoms with Gasteiger partial charge < -0.3 is 10.1 Å². The highest BCUT2D eigenvalue weighted by molar-refractivity contribution is 9.11. The van der Waals surface area contributed by atoms with Crippen LogP contribution in [0, 0.1) is 11.3 Å². The highest BCUT2D eigenvalue weighted by Gasteiger charge is 2.12. The molecule has 0 unspecified atom stereocenters. The molecule has 2 aromatic carbocycles. The summed E-state index contributed by atoms with van der Waals surface area (Å²) in [7, 11) is 0. The van der Waals surface area contributed by atoms with Crippen LogP contribution in [0.4, 0.5) is 5.69 Å². The summed E-state index contributed by atoms with van der Waals surface area (Å²) < 4.78 is 6.93. The molecule has 4 nitrogen and oxygen atoms in total. The molecular formula is C19H13Br2ClN2O2. The maximum Gasteiger partial charge on any atom is 0.266 e. The van der Waals surface area contributed by atoms with Crippen molar-refractivity contribution in [3.63, 3.8) is 0 Å². The number of amides is 1. The Labute approximate surface area is 173 Å². The fourth-order valence-corrected chi connectivity index (χ4v) is 3.66. The zero-order chi connectivity index (χ0) is 19.1. The first kappa shape index (κ1) is 20.2. The van der Waals surface area contributed by atoms with Gasteiger partial charge in [-0.1, -0.05) is 30.3 Å². The standard InChI is InChI=1S/C19H13Br2ClN2O2/c1-2-6-26-18-16(20)8-12(9-17(18)21)7-13(11-23)19(25)24-15-5-3-4-14(22)10-15/h2-5,7-10H,1,6H2,(H,24,25)/b13-7+. The highest BCUT2D eigenvalue weighted by atomic mass is 79.9. The van der Waals surface area contributed by atoms with Gasteiger partial charge in [-0.2, -0.15) is 5.26 Å². The fraction of sp³-hybridized carbons (Fsp3) is 0.0526. The molecule has 2 rings (SSSR count). The van der Waals surface area contributed by atoms with E-state index >= 15 is 0 Å². The smallest absolute Gasteiger partial charge is 0.266 e. The number of hydrogen-bond donors (Lipinski definition) is 1. The third-order valence-corrected chi connectivity index (χ3v) is 4.54. The van der Waals surface area contributed by atoms with Crippen LogP contribution in [0.15, 0.2) is 63.6 Å². The number of ether oxygens (including phenoxy) is 1. The van der Waals surface area contributed by atoms with Gasteiger partial charge in [0, 0.05) is 10.7 Å². The Morgan fingerprint density at radius 2 is 2.00 bits per heavy atom. The van der Waals surface area contributed by atoms with Crippen LogP contribution in [0.25, 0.3) is 6.08 Å². The normalized spacial score (nSPS) is 10.8. The van der Waals surface area contributed by atoms with Crippen molar-refractivity contribution in [2.75, 3.05) is 11.9 Å². The van der Waals surface area contributed by atoms with Crippen molar-refractivity contribution < 1.29 is 9.53 Å². The average molecular weight is 497 g/mol. The van der Waals surface area contributed by atoms with E-state index in [9.17, 15) is 10.1 Å². The third-order valence-electron chi connectivity index (χ3n) is 3.12. The van der Waals surface area contributed by atoms with Gasteiger partial charge in [0.25, 0.3) is 5.91 Å². The number of anilines is 1. The molecule has 7 heteroatoms. The van der Waals surface area contributed by atoms with Gasteiger partial charge in [-0.3, -0.25) is 4.79 Å². The van der Waals surface area contributed by atoms with E-state index in [-0.39, 0.29) is 5.57 Å². The Morgan fingerprint density at radius 1 is 1.31 bits per heavy atom. The predicted octanol–water partition coefficient (Wildman–Crippen LogP) is 5.98. The molecule has 0 aliphatic carbocycles. The molecule has 26 heavy (non-hydrogen) atoms. The number of nitriles is 1. The molecule has 0 fully saturated rings. The topological polar surface area (TPSA) is 62.1 Å². The minimum atomic E-state index is -0.519. The zero-order valence-corrected chi connectivity index (χ0v) is 17.4. The lowest BCUT2D eigenvalue weighted by molar-refractivity contribution is -0.112. The van der Waals surface area contributed by atoms with Crippen LogP contribution in [0.5, 0.6) is 5.75 Å². The van der Waals surface area contributed by atoms with Crippen molar-refractivity contribution in [2.24, 2.45) is 0 Å². The summed E-state index contributed by atoms with van der Waals surface area (Å²) in [5, 5.41) is 12.5. The lowest BCUT2D eigenvalue weighted by atomic mass is 10.1. The number of hydrogen-bond acceptors (Lipinski definition) is 3. The molecule has 0 saturated carbocycles. The Bertz CT molecular complexity index is 897. The first-order chi connectivity index (χ1) is 12.4. The molecule has 132 valence electrons. The summed E-state index contributed by atoms with van der Waals surface area (Å²) in [4.78, 5) is 12.3. The van der Waals surface area contributed by atoms with E-state index in [0.29, 0.717) is 37.6 Å². The lowest BCUT2D eigenvalue weighted by Gasteiger charge is -2.10. The van der Waals surface area contributed by atoms with Crippen LogP contribution in [0.2, 0.25) is 5.02 Å². The summed E-state index contributed by atoms with van der Waals surface area (Å²) in [6.07, 6.45) is 3.13. The minimum absolute atomic E-state index is 0.0384. The molecule has 0 aliphatic rings. The van der Waals surface area contributed by atoms with Crippen LogP contribution < -0.4 is 10.1 Å². The number of benzene rings is 2. The van der Waals surface area contributed by atoms with Gasteiger partial charge in [0.1, 0.15) is 24.0 Å². The van der Waals surface area contributed by atoms with Gasteiger partial charge in [-0.25, -0.2) is 0 Å². The average Bonchev–Trinajstić information content (AvgIpc) is 2.59. The van der Waals surface area contributed by atoms with Crippen molar-refractivity contribution in [3.8, 4) is 11.8 Å². The van der Waals surface area contributed by atoms with Crippen LogP contribution in [0.3, 0.4) is 0 Å². The van der Waals surface area contributed by atoms with E-state index < -0.39 is 5.91 Å². The molecule has 0 spiro atoms. The van der Waals surface area contributed by atoms with E-state index in [1.807, 2.05) is 6.07 Å². The van der Waals surface area contributed by atoms with Crippen molar-refractivity contribution in [2.45, 2.75) is 0 Å². The number of nitrogens with one attached hydrogen (secondary N) is 1. The molecule has 0 aliphatic heterocycles. The molecule has 0 bridgehead atoms. The van der Waals surface area contributed by atoms with Gasteiger partial charge in [0.15, 0.2) is 0 Å². The molecular weight excluding hydrogens is 483 g/mol. The lowest BCUT2D eigenvalue weighted by Crippen LogP contribution is -2.13. The molecule has 0 aromatic heterocycles. The quantitative estimate of drug-likeness (QED) is 0.304. The second-order valence-corrected chi connectivity index (χ2v) is 7.19. The number of nitrogens with zero attached hydrogens (tertiary/aromatic N) is 1. The maximum absolute atomic E-state index is 12.3. The fourth-order valence-electron chi connectivity index (χ4n) is 2.02. The summed E-state index contributed by atoms with van der Waals surface area (Å²) in [6, 6.07) is 12.1. The second kappa shape index (κ2) is 9.58.